The number of piperidine rings is 1. The summed E-state index contributed by atoms with van der Waals surface area (Å²) in [6.45, 7) is 3.17. The molecule has 5 rings (SSSR count). The normalized spacial score (nSPS) is 17.9. The molecule has 30 heavy (non-hydrogen) atoms. The van der Waals surface area contributed by atoms with Crippen molar-refractivity contribution in [1.29, 1.82) is 0 Å². The van der Waals surface area contributed by atoms with Gasteiger partial charge in [-0.1, -0.05) is 48.5 Å². The standard InChI is InChI=1S/C24H24BN3O2/c1-25(30)27-16-13-24(14-17-27)21-8-5-15-26-22(21)28(23(24)29)20-11-9-19(10-12-20)18-6-3-2-4-7-18/h2-12,15,30H,13-14,16-17H2,1H3. The monoisotopic (exact) mass is 397 g/mol. The molecule has 0 radical (unpaired) electrons. The van der Waals surface area contributed by atoms with Gasteiger partial charge in [0.15, 0.2) is 0 Å². The average molecular weight is 397 g/mol. The minimum Gasteiger partial charge on any atom is -0.437 e. The van der Waals surface area contributed by atoms with Gasteiger partial charge in [0.1, 0.15) is 5.82 Å². The molecule has 1 spiro atoms. The molecule has 6 heteroatoms. The summed E-state index contributed by atoms with van der Waals surface area (Å²) >= 11 is 0. The largest absolute Gasteiger partial charge is 0.437 e. The SMILES string of the molecule is CB(O)N1CCC2(CC1)C(=O)N(c1ccc(-c3ccccc3)cc1)c1ncccc12. The van der Waals surface area contributed by atoms with E-state index in [1.165, 1.54) is 0 Å². The summed E-state index contributed by atoms with van der Waals surface area (Å²) in [4.78, 5) is 22.2. The molecule has 2 aliphatic rings. The lowest BCUT2D eigenvalue weighted by molar-refractivity contribution is -0.123. The van der Waals surface area contributed by atoms with Gasteiger partial charge in [-0.15, -0.1) is 0 Å². The molecule has 1 aromatic heterocycles. The van der Waals surface area contributed by atoms with Crippen molar-refractivity contribution in [3.63, 3.8) is 0 Å². The third kappa shape index (κ3) is 2.95. The van der Waals surface area contributed by atoms with Crippen molar-refractivity contribution >= 4 is 24.5 Å². The number of hydrogen-bond donors (Lipinski definition) is 1. The number of carbonyl (C=O) groups is 1. The Morgan fingerprint density at radius 3 is 2.27 bits per heavy atom. The van der Waals surface area contributed by atoms with Gasteiger partial charge in [0.25, 0.3) is 0 Å². The van der Waals surface area contributed by atoms with Crippen LogP contribution in [0.25, 0.3) is 11.1 Å². The molecule has 0 unspecified atom stereocenters. The fourth-order valence-electron chi connectivity index (χ4n) is 4.81. The maximum atomic E-state index is 13.8. The summed E-state index contributed by atoms with van der Waals surface area (Å²) in [6, 6.07) is 22.3. The van der Waals surface area contributed by atoms with Crippen LogP contribution in [0.3, 0.4) is 0 Å². The second-order valence-corrected chi connectivity index (χ2v) is 8.18. The van der Waals surface area contributed by atoms with Crippen LogP contribution in [0.2, 0.25) is 6.82 Å². The molecular formula is C24H24BN3O2. The summed E-state index contributed by atoms with van der Waals surface area (Å²) < 4.78 is 0. The highest BCUT2D eigenvalue weighted by Crippen LogP contribution is 2.49. The molecule has 1 saturated heterocycles. The van der Waals surface area contributed by atoms with Gasteiger partial charge in [-0.2, -0.15) is 0 Å². The second-order valence-electron chi connectivity index (χ2n) is 8.18. The Morgan fingerprint density at radius 1 is 0.933 bits per heavy atom. The lowest BCUT2D eigenvalue weighted by atomic mass is 9.71. The first-order valence-corrected chi connectivity index (χ1v) is 10.5. The second kappa shape index (κ2) is 7.38. The lowest BCUT2D eigenvalue weighted by Crippen LogP contribution is -2.51. The van der Waals surface area contributed by atoms with Crippen LogP contribution in [0.4, 0.5) is 11.5 Å². The number of anilines is 2. The fourth-order valence-corrected chi connectivity index (χ4v) is 4.81. The van der Waals surface area contributed by atoms with Gasteiger partial charge >= 0.3 is 7.05 Å². The van der Waals surface area contributed by atoms with Crippen molar-refractivity contribution in [2.45, 2.75) is 25.1 Å². The van der Waals surface area contributed by atoms with Crippen LogP contribution in [0, 0.1) is 0 Å². The van der Waals surface area contributed by atoms with Gasteiger partial charge in [0.2, 0.25) is 5.91 Å². The molecule has 150 valence electrons. The van der Waals surface area contributed by atoms with Crippen molar-refractivity contribution in [3.05, 3.63) is 78.5 Å². The van der Waals surface area contributed by atoms with E-state index in [1.54, 1.807) is 17.9 Å². The van der Waals surface area contributed by atoms with Gasteiger partial charge in [0, 0.05) is 11.8 Å². The van der Waals surface area contributed by atoms with Crippen molar-refractivity contribution < 1.29 is 9.82 Å². The molecule has 1 fully saturated rings. The first-order valence-electron chi connectivity index (χ1n) is 10.5. The summed E-state index contributed by atoms with van der Waals surface area (Å²) in [5.74, 6) is 0.828. The van der Waals surface area contributed by atoms with Crippen LogP contribution in [0.5, 0.6) is 0 Å². The Balaban J connectivity index is 1.50. The molecule has 3 heterocycles. The van der Waals surface area contributed by atoms with E-state index in [4.69, 9.17) is 0 Å². The van der Waals surface area contributed by atoms with Crippen LogP contribution in [0.15, 0.2) is 72.9 Å². The molecular weight excluding hydrogens is 373 g/mol. The number of nitrogens with zero attached hydrogens (tertiary/aromatic N) is 3. The van der Waals surface area contributed by atoms with Crippen LogP contribution in [-0.2, 0) is 10.2 Å². The van der Waals surface area contributed by atoms with E-state index in [-0.39, 0.29) is 5.91 Å². The Labute approximate surface area is 177 Å². The highest BCUT2D eigenvalue weighted by atomic mass is 16.2. The Morgan fingerprint density at radius 2 is 1.60 bits per heavy atom. The molecule has 2 aliphatic heterocycles. The minimum absolute atomic E-state index is 0.0916. The van der Waals surface area contributed by atoms with E-state index in [1.807, 2.05) is 47.3 Å². The first-order chi connectivity index (χ1) is 14.6. The Bertz CT molecular complexity index is 1060. The number of amides is 1. The van der Waals surface area contributed by atoms with Crippen LogP contribution in [-0.4, -0.2) is 40.9 Å². The zero-order valence-electron chi connectivity index (χ0n) is 17.0. The van der Waals surface area contributed by atoms with E-state index in [0.717, 1.165) is 28.2 Å². The smallest absolute Gasteiger partial charge is 0.376 e. The summed E-state index contributed by atoms with van der Waals surface area (Å²) in [5, 5.41) is 9.94. The number of carbonyl (C=O) groups excluding carboxylic acids is 1. The van der Waals surface area contributed by atoms with Crippen LogP contribution < -0.4 is 4.90 Å². The van der Waals surface area contributed by atoms with Crippen molar-refractivity contribution in [1.82, 2.24) is 9.79 Å². The minimum atomic E-state index is -0.562. The Hall–Kier alpha value is -2.96. The Kier molecular flexibility index (Phi) is 4.68. The number of fused-ring (bicyclic) bond motifs is 2. The van der Waals surface area contributed by atoms with Crippen molar-refractivity contribution in [2.24, 2.45) is 0 Å². The molecule has 1 amide bonds. The number of aromatic nitrogens is 1. The number of benzene rings is 2. The lowest BCUT2D eigenvalue weighted by Gasteiger charge is -2.38. The molecule has 0 aliphatic carbocycles. The van der Waals surface area contributed by atoms with Gasteiger partial charge in [-0.05, 0) is 62.1 Å². The van der Waals surface area contributed by atoms with E-state index in [0.29, 0.717) is 25.9 Å². The van der Waals surface area contributed by atoms with Crippen LogP contribution in [0.1, 0.15) is 18.4 Å². The molecule has 0 saturated carbocycles. The molecule has 3 aromatic rings. The van der Waals surface area contributed by atoms with Crippen molar-refractivity contribution in [3.8, 4) is 11.1 Å². The van der Waals surface area contributed by atoms with E-state index in [9.17, 15) is 9.82 Å². The summed E-state index contributed by atoms with van der Waals surface area (Å²) in [6.07, 6.45) is 3.13. The van der Waals surface area contributed by atoms with Gasteiger partial charge in [0.05, 0.1) is 11.1 Å². The van der Waals surface area contributed by atoms with E-state index in [2.05, 4.69) is 29.2 Å². The topological polar surface area (TPSA) is 56.7 Å². The number of hydrogen-bond acceptors (Lipinski definition) is 4. The zero-order valence-corrected chi connectivity index (χ0v) is 17.0. The predicted molar refractivity (Wildman–Crippen MR) is 120 cm³/mol. The third-order valence-electron chi connectivity index (χ3n) is 6.54. The van der Waals surface area contributed by atoms with Gasteiger partial charge in [-0.25, -0.2) is 4.98 Å². The summed E-state index contributed by atoms with van der Waals surface area (Å²) in [5.41, 5.74) is 3.55. The highest BCUT2D eigenvalue weighted by Gasteiger charge is 2.53. The molecule has 1 N–H and O–H groups in total. The maximum absolute atomic E-state index is 13.8. The van der Waals surface area contributed by atoms with Crippen molar-refractivity contribution in [2.75, 3.05) is 18.0 Å². The number of rotatable bonds is 3. The number of pyridine rings is 1. The fraction of sp³-hybridized carbons (Fsp3) is 0.250. The highest BCUT2D eigenvalue weighted by molar-refractivity contribution is 6.45. The zero-order chi connectivity index (χ0) is 20.7. The average Bonchev–Trinajstić information content (AvgIpc) is 3.03. The summed E-state index contributed by atoms with van der Waals surface area (Å²) in [7, 11) is -0.492. The molecule has 0 bridgehead atoms. The van der Waals surface area contributed by atoms with Gasteiger partial charge < -0.3 is 9.83 Å². The van der Waals surface area contributed by atoms with Gasteiger partial charge in [-0.3, -0.25) is 9.69 Å². The molecule has 5 nitrogen and oxygen atoms in total. The van der Waals surface area contributed by atoms with Crippen LogP contribution >= 0.6 is 0 Å². The molecule has 0 atom stereocenters. The third-order valence-corrected chi connectivity index (χ3v) is 6.54. The van der Waals surface area contributed by atoms with E-state index < -0.39 is 12.5 Å². The first kappa shape index (κ1) is 19.0. The maximum Gasteiger partial charge on any atom is 0.376 e. The predicted octanol–water partition coefficient (Wildman–Crippen LogP) is 3.87. The van der Waals surface area contributed by atoms with E-state index >= 15 is 0 Å². The quantitative estimate of drug-likeness (QED) is 0.682. The molecule has 2 aromatic carbocycles.